The minimum Gasteiger partial charge on any atom is -0.402 e. The van der Waals surface area contributed by atoms with Crippen molar-refractivity contribution < 1.29 is 0 Å². The summed E-state index contributed by atoms with van der Waals surface area (Å²) in [6.45, 7) is 4.45. The molecule has 0 unspecified atom stereocenters. The topological polar surface area (TPSA) is 26.0 Å². The molecule has 0 fully saturated rings. The summed E-state index contributed by atoms with van der Waals surface area (Å²) in [4.78, 5) is 0. The Hall–Kier alpha value is -0.950. The van der Waals surface area contributed by atoms with Crippen LogP contribution in [-0.2, 0) is 6.42 Å². The molecule has 2 heteroatoms. The van der Waals surface area contributed by atoms with Crippen molar-refractivity contribution in [3.63, 3.8) is 0 Å². The molecule has 90 valence electrons. The first-order valence-electron chi connectivity index (χ1n) is 5.67. The van der Waals surface area contributed by atoms with E-state index < -0.39 is 0 Å². The molecular formula is C14H22ClN. The highest BCUT2D eigenvalue weighted by Gasteiger charge is 1.96. The molecule has 0 radical (unpaired) electrons. The van der Waals surface area contributed by atoms with Crippen LogP contribution >= 0.6 is 12.4 Å². The van der Waals surface area contributed by atoms with Crippen LogP contribution in [0.15, 0.2) is 42.1 Å². The standard InChI is InChI=1S/C14H21N.ClH/c1-12(2)8-10-14(15)11-9-13-6-4-3-5-7-13;/h3-7,11-12H,8-10,15H2,1-2H3;1H/b14-11-;. The summed E-state index contributed by atoms with van der Waals surface area (Å²) in [5.41, 5.74) is 8.28. The van der Waals surface area contributed by atoms with E-state index in [1.807, 2.05) is 6.07 Å². The maximum atomic E-state index is 5.93. The van der Waals surface area contributed by atoms with Gasteiger partial charge in [-0.15, -0.1) is 12.4 Å². The van der Waals surface area contributed by atoms with Crippen LogP contribution in [0, 0.1) is 5.92 Å². The second-order valence-electron chi connectivity index (χ2n) is 4.40. The minimum atomic E-state index is 0. The lowest BCUT2D eigenvalue weighted by Gasteiger charge is -2.04. The summed E-state index contributed by atoms with van der Waals surface area (Å²) >= 11 is 0. The summed E-state index contributed by atoms with van der Waals surface area (Å²) < 4.78 is 0. The molecule has 0 aromatic heterocycles. The zero-order valence-electron chi connectivity index (χ0n) is 10.1. The van der Waals surface area contributed by atoms with Gasteiger partial charge in [-0.05, 0) is 30.7 Å². The Morgan fingerprint density at radius 1 is 1.25 bits per heavy atom. The van der Waals surface area contributed by atoms with Gasteiger partial charge in [0.05, 0.1) is 0 Å². The third-order valence-corrected chi connectivity index (χ3v) is 2.45. The summed E-state index contributed by atoms with van der Waals surface area (Å²) in [7, 11) is 0. The van der Waals surface area contributed by atoms with E-state index in [1.54, 1.807) is 0 Å². The van der Waals surface area contributed by atoms with Crippen LogP contribution in [-0.4, -0.2) is 0 Å². The Balaban J connectivity index is 0.00000225. The number of benzene rings is 1. The molecule has 1 aromatic carbocycles. The average Bonchev–Trinajstić information content (AvgIpc) is 2.25. The normalized spacial score (nSPS) is 11.3. The Morgan fingerprint density at radius 2 is 1.88 bits per heavy atom. The molecule has 0 spiro atoms. The molecular weight excluding hydrogens is 218 g/mol. The van der Waals surface area contributed by atoms with E-state index in [4.69, 9.17) is 5.73 Å². The number of allylic oxidation sites excluding steroid dienone is 2. The SMILES string of the molecule is CC(C)CC/C(N)=C/Cc1ccccc1.Cl. The van der Waals surface area contributed by atoms with Crippen molar-refractivity contribution in [1.82, 2.24) is 0 Å². The third kappa shape index (κ3) is 6.52. The Labute approximate surface area is 105 Å². The number of halogens is 1. The summed E-state index contributed by atoms with van der Waals surface area (Å²) in [5, 5.41) is 0. The molecule has 0 aliphatic carbocycles. The van der Waals surface area contributed by atoms with Crippen molar-refractivity contribution in [3.8, 4) is 0 Å². The lowest BCUT2D eigenvalue weighted by molar-refractivity contribution is 0.582. The summed E-state index contributed by atoms with van der Waals surface area (Å²) in [6, 6.07) is 10.4. The van der Waals surface area contributed by atoms with Gasteiger partial charge in [-0.2, -0.15) is 0 Å². The van der Waals surface area contributed by atoms with Crippen LogP contribution < -0.4 is 5.73 Å². The van der Waals surface area contributed by atoms with Crippen molar-refractivity contribution in [2.24, 2.45) is 11.7 Å². The third-order valence-electron chi connectivity index (χ3n) is 2.45. The monoisotopic (exact) mass is 239 g/mol. The molecule has 0 aliphatic rings. The number of nitrogens with two attached hydrogens (primary N) is 1. The van der Waals surface area contributed by atoms with Crippen molar-refractivity contribution in [3.05, 3.63) is 47.7 Å². The number of rotatable bonds is 5. The highest BCUT2D eigenvalue weighted by atomic mass is 35.5. The fraction of sp³-hybridized carbons (Fsp3) is 0.429. The molecule has 0 bridgehead atoms. The molecule has 0 amide bonds. The molecule has 0 heterocycles. The van der Waals surface area contributed by atoms with Crippen LogP contribution in [0.1, 0.15) is 32.3 Å². The minimum absolute atomic E-state index is 0. The Bertz CT molecular complexity index is 304. The van der Waals surface area contributed by atoms with Crippen molar-refractivity contribution >= 4 is 12.4 Å². The van der Waals surface area contributed by atoms with Gasteiger partial charge in [0.15, 0.2) is 0 Å². The van der Waals surface area contributed by atoms with Gasteiger partial charge >= 0.3 is 0 Å². The highest BCUT2D eigenvalue weighted by Crippen LogP contribution is 2.09. The fourth-order valence-electron chi connectivity index (χ4n) is 1.42. The van der Waals surface area contributed by atoms with Gasteiger partial charge < -0.3 is 5.73 Å². The van der Waals surface area contributed by atoms with Crippen LogP contribution in [0.5, 0.6) is 0 Å². The van der Waals surface area contributed by atoms with E-state index in [1.165, 1.54) is 12.0 Å². The molecule has 16 heavy (non-hydrogen) atoms. The maximum absolute atomic E-state index is 5.93. The van der Waals surface area contributed by atoms with E-state index in [-0.39, 0.29) is 12.4 Å². The van der Waals surface area contributed by atoms with E-state index in [2.05, 4.69) is 44.2 Å². The van der Waals surface area contributed by atoms with Crippen LogP contribution in [0.3, 0.4) is 0 Å². The van der Waals surface area contributed by atoms with Gasteiger partial charge in [-0.25, -0.2) is 0 Å². The second-order valence-corrected chi connectivity index (χ2v) is 4.40. The van der Waals surface area contributed by atoms with Crippen LogP contribution in [0.2, 0.25) is 0 Å². The summed E-state index contributed by atoms with van der Waals surface area (Å²) in [5.74, 6) is 0.730. The quantitative estimate of drug-likeness (QED) is 0.828. The first kappa shape index (κ1) is 15.0. The Kier molecular flexibility index (Phi) is 7.74. The Morgan fingerprint density at radius 3 is 2.44 bits per heavy atom. The van der Waals surface area contributed by atoms with E-state index >= 15 is 0 Å². The fourth-order valence-corrected chi connectivity index (χ4v) is 1.42. The van der Waals surface area contributed by atoms with Gasteiger partial charge in [0.1, 0.15) is 0 Å². The van der Waals surface area contributed by atoms with E-state index in [9.17, 15) is 0 Å². The van der Waals surface area contributed by atoms with Gasteiger partial charge in [0.2, 0.25) is 0 Å². The van der Waals surface area contributed by atoms with E-state index in [0.717, 1.165) is 24.5 Å². The first-order chi connectivity index (χ1) is 7.18. The molecule has 1 rings (SSSR count). The first-order valence-corrected chi connectivity index (χ1v) is 5.67. The molecule has 1 nitrogen and oxygen atoms in total. The average molecular weight is 240 g/mol. The second kappa shape index (κ2) is 8.23. The summed E-state index contributed by atoms with van der Waals surface area (Å²) in [6.07, 6.45) is 5.28. The molecule has 0 saturated heterocycles. The van der Waals surface area contributed by atoms with Gasteiger partial charge in [0.25, 0.3) is 0 Å². The van der Waals surface area contributed by atoms with Gasteiger partial charge in [0, 0.05) is 5.70 Å². The molecule has 1 aromatic rings. The maximum Gasteiger partial charge on any atom is 0.00434 e. The lowest BCUT2D eigenvalue weighted by Crippen LogP contribution is -2.00. The van der Waals surface area contributed by atoms with Crippen molar-refractivity contribution in [2.75, 3.05) is 0 Å². The van der Waals surface area contributed by atoms with Crippen molar-refractivity contribution in [1.29, 1.82) is 0 Å². The molecule has 0 saturated carbocycles. The van der Waals surface area contributed by atoms with Crippen LogP contribution in [0.25, 0.3) is 0 Å². The van der Waals surface area contributed by atoms with Gasteiger partial charge in [-0.3, -0.25) is 0 Å². The molecule has 0 atom stereocenters. The predicted molar refractivity (Wildman–Crippen MR) is 73.7 cm³/mol. The smallest absolute Gasteiger partial charge is 0.00434 e. The molecule has 0 aliphatic heterocycles. The number of hydrogen-bond acceptors (Lipinski definition) is 1. The number of hydrogen-bond donors (Lipinski definition) is 1. The molecule has 2 N–H and O–H groups in total. The zero-order valence-corrected chi connectivity index (χ0v) is 11.0. The van der Waals surface area contributed by atoms with Crippen LogP contribution in [0.4, 0.5) is 0 Å². The lowest BCUT2D eigenvalue weighted by atomic mass is 10.1. The highest BCUT2D eigenvalue weighted by molar-refractivity contribution is 5.85. The predicted octanol–water partition coefficient (Wildman–Crippen LogP) is 3.93. The largest absolute Gasteiger partial charge is 0.402 e. The van der Waals surface area contributed by atoms with E-state index in [0.29, 0.717) is 0 Å². The zero-order chi connectivity index (χ0) is 11.1. The van der Waals surface area contributed by atoms with Crippen molar-refractivity contribution in [2.45, 2.75) is 33.1 Å². The van der Waals surface area contributed by atoms with Gasteiger partial charge in [-0.1, -0.05) is 50.3 Å².